The van der Waals surface area contributed by atoms with Gasteiger partial charge in [-0.15, -0.1) is 24.8 Å². The lowest BCUT2D eigenvalue weighted by molar-refractivity contribution is -0.147. The van der Waals surface area contributed by atoms with E-state index in [-0.39, 0.29) is 24.8 Å². The van der Waals surface area contributed by atoms with Crippen LogP contribution in [0.3, 0.4) is 0 Å². The van der Waals surface area contributed by atoms with Crippen LogP contribution < -0.4 is 5.32 Å². The van der Waals surface area contributed by atoms with E-state index in [0.29, 0.717) is 6.04 Å². The highest BCUT2D eigenvalue weighted by Crippen LogP contribution is 2.35. The van der Waals surface area contributed by atoms with Crippen LogP contribution in [0, 0.1) is 0 Å². The van der Waals surface area contributed by atoms with Gasteiger partial charge in [-0.05, 0) is 26.3 Å². The van der Waals surface area contributed by atoms with Crippen LogP contribution in [-0.4, -0.2) is 48.8 Å². The molecule has 3 rings (SSSR count). The fourth-order valence-corrected chi connectivity index (χ4v) is 3.16. The molecule has 3 fully saturated rings. The van der Waals surface area contributed by atoms with E-state index in [9.17, 15) is 0 Å². The van der Waals surface area contributed by atoms with Crippen LogP contribution >= 0.6 is 24.8 Å². The zero-order chi connectivity index (χ0) is 8.84. The Labute approximate surface area is 104 Å². The van der Waals surface area contributed by atoms with Crippen molar-refractivity contribution < 1.29 is 4.74 Å². The van der Waals surface area contributed by atoms with Crippen LogP contribution in [0.25, 0.3) is 0 Å². The molecule has 0 aromatic rings. The topological polar surface area (TPSA) is 24.5 Å². The fraction of sp³-hybridized carbons (Fsp3) is 1.00. The molecule has 0 radical (unpaired) electrons. The average molecular weight is 255 g/mol. The van der Waals surface area contributed by atoms with E-state index in [0.717, 1.165) is 31.3 Å². The van der Waals surface area contributed by atoms with Crippen molar-refractivity contribution in [2.75, 3.05) is 19.8 Å². The van der Waals surface area contributed by atoms with Crippen LogP contribution in [0.2, 0.25) is 0 Å². The zero-order valence-corrected chi connectivity index (χ0v) is 10.6. The van der Waals surface area contributed by atoms with E-state index in [1.807, 2.05) is 0 Å². The second kappa shape index (κ2) is 5.19. The average Bonchev–Trinajstić information content (AvgIpc) is 2.54. The van der Waals surface area contributed by atoms with Gasteiger partial charge in [-0.3, -0.25) is 4.90 Å². The molecule has 0 amide bonds. The standard InChI is InChI=1S/C10H18N2O.2ClH/c1-7-10(2-3-11-7)12-8-4-9(12)6-13-5-8;;/h7-11H,2-6H2,1H3;2*1H/t7-,8?,9?,10-;;/m0../s1. The van der Waals surface area contributed by atoms with Gasteiger partial charge in [0.1, 0.15) is 0 Å². The van der Waals surface area contributed by atoms with E-state index in [1.54, 1.807) is 0 Å². The monoisotopic (exact) mass is 254 g/mol. The summed E-state index contributed by atoms with van der Waals surface area (Å²) in [5.41, 5.74) is 0. The van der Waals surface area contributed by atoms with Crippen LogP contribution in [-0.2, 0) is 4.74 Å². The number of rotatable bonds is 1. The lowest BCUT2D eigenvalue weighted by Crippen LogP contribution is -2.68. The Bertz CT molecular complexity index is 204. The van der Waals surface area contributed by atoms with Crippen molar-refractivity contribution in [2.45, 2.75) is 43.9 Å². The normalized spacial score (nSPS) is 43.8. The van der Waals surface area contributed by atoms with E-state index < -0.39 is 0 Å². The number of hydrogen-bond donors (Lipinski definition) is 1. The predicted molar refractivity (Wildman–Crippen MR) is 65.2 cm³/mol. The van der Waals surface area contributed by atoms with Crippen LogP contribution in [0.5, 0.6) is 0 Å². The molecule has 5 heteroatoms. The van der Waals surface area contributed by atoms with Gasteiger partial charge in [0.25, 0.3) is 0 Å². The first-order valence-electron chi connectivity index (χ1n) is 5.45. The van der Waals surface area contributed by atoms with Crippen molar-refractivity contribution >= 4 is 24.8 Å². The molecule has 0 aromatic carbocycles. The first-order chi connectivity index (χ1) is 6.36. The maximum Gasteiger partial charge on any atom is 0.0623 e. The molecular formula is C10H20Cl2N2O. The predicted octanol–water partition coefficient (Wildman–Crippen LogP) is 1.05. The van der Waals surface area contributed by atoms with Crippen molar-refractivity contribution in [3.05, 3.63) is 0 Å². The van der Waals surface area contributed by atoms with Gasteiger partial charge in [-0.2, -0.15) is 0 Å². The van der Waals surface area contributed by atoms with Crippen LogP contribution in [0.1, 0.15) is 19.8 Å². The Kier molecular flexibility index (Phi) is 4.68. The quantitative estimate of drug-likeness (QED) is 0.758. The lowest BCUT2D eigenvalue weighted by Gasteiger charge is -2.56. The van der Waals surface area contributed by atoms with E-state index >= 15 is 0 Å². The number of nitrogens with one attached hydrogen (secondary N) is 1. The summed E-state index contributed by atoms with van der Waals surface area (Å²) >= 11 is 0. The molecule has 0 spiro atoms. The van der Waals surface area contributed by atoms with Crippen molar-refractivity contribution in [3.63, 3.8) is 0 Å². The van der Waals surface area contributed by atoms with Gasteiger partial charge in [0.2, 0.25) is 0 Å². The maximum atomic E-state index is 5.49. The molecule has 3 aliphatic rings. The molecule has 3 heterocycles. The number of nitrogens with zero attached hydrogens (tertiary/aromatic N) is 1. The molecule has 2 bridgehead atoms. The zero-order valence-electron chi connectivity index (χ0n) is 9.02. The second-order valence-electron chi connectivity index (χ2n) is 4.63. The van der Waals surface area contributed by atoms with Gasteiger partial charge in [0.15, 0.2) is 0 Å². The molecule has 15 heavy (non-hydrogen) atoms. The molecule has 2 unspecified atom stereocenters. The number of halogens is 2. The highest BCUT2D eigenvalue weighted by molar-refractivity contribution is 5.85. The van der Waals surface area contributed by atoms with Gasteiger partial charge in [-0.1, -0.05) is 0 Å². The highest BCUT2D eigenvalue weighted by Gasteiger charge is 2.47. The van der Waals surface area contributed by atoms with Crippen LogP contribution in [0.15, 0.2) is 0 Å². The third kappa shape index (κ3) is 2.13. The van der Waals surface area contributed by atoms with Gasteiger partial charge in [0.05, 0.1) is 13.2 Å². The molecule has 0 saturated carbocycles. The minimum Gasteiger partial charge on any atom is -0.378 e. The van der Waals surface area contributed by atoms with Crippen molar-refractivity contribution in [2.24, 2.45) is 0 Å². The highest BCUT2D eigenvalue weighted by atomic mass is 35.5. The van der Waals surface area contributed by atoms with Crippen molar-refractivity contribution in [3.8, 4) is 0 Å². The molecule has 1 N–H and O–H groups in total. The Hall–Kier alpha value is 0.460. The summed E-state index contributed by atoms with van der Waals surface area (Å²) in [5, 5.41) is 3.53. The van der Waals surface area contributed by atoms with Gasteiger partial charge in [-0.25, -0.2) is 0 Å². The summed E-state index contributed by atoms with van der Waals surface area (Å²) in [6.07, 6.45) is 2.71. The molecule has 3 aliphatic heterocycles. The first kappa shape index (κ1) is 13.5. The molecule has 90 valence electrons. The van der Waals surface area contributed by atoms with Crippen molar-refractivity contribution in [1.29, 1.82) is 0 Å². The summed E-state index contributed by atoms with van der Waals surface area (Å²) in [6, 6.07) is 2.95. The largest absolute Gasteiger partial charge is 0.378 e. The Morgan fingerprint density at radius 3 is 2.33 bits per heavy atom. The third-order valence-corrected chi connectivity index (χ3v) is 3.87. The summed E-state index contributed by atoms with van der Waals surface area (Å²) < 4.78 is 5.49. The van der Waals surface area contributed by atoms with E-state index in [4.69, 9.17) is 4.74 Å². The molecule has 4 atom stereocenters. The second-order valence-corrected chi connectivity index (χ2v) is 4.63. The Balaban J connectivity index is 0.000000562. The summed E-state index contributed by atoms with van der Waals surface area (Å²) in [5.74, 6) is 0. The number of morpholine rings is 1. The van der Waals surface area contributed by atoms with Gasteiger partial charge in [0, 0.05) is 24.2 Å². The first-order valence-corrected chi connectivity index (χ1v) is 5.45. The summed E-state index contributed by atoms with van der Waals surface area (Å²) in [7, 11) is 0. The number of hydrogen-bond acceptors (Lipinski definition) is 3. The number of ether oxygens (including phenoxy) is 1. The maximum absolute atomic E-state index is 5.49. The van der Waals surface area contributed by atoms with Gasteiger partial charge >= 0.3 is 0 Å². The molecular weight excluding hydrogens is 235 g/mol. The molecule has 3 nitrogen and oxygen atoms in total. The summed E-state index contributed by atoms with van der Waals surface area (Å²) in [6.45, 7) is 5.45. The minimum atomic E-state index is 0. The molecule has 0 aromatic heterocycles. The van der Waals surface area contributed by atoms with E-state index in [1.165, 1.54) is 19.4 Å². The Morgan fingerprint density at radius 2 is 1.87 bits per heavy atom. The fourth-order valence-electron chi connectivity index (χ4n) is 3.16. The lowest BCUT2D eigenvalue weighted by atomic mass is 9.87. The van der Waals surface area contributed by atoms with Crippen molar-refractivity contribution in [1.82, 2.24) is 10.2 Å². The SMILES string of the molecule is C[C@@H]1NCC[C@@H]1N1C2COCC1C2.Cl.Cl. The minimum absolute atomic E-state index is 0. The third-order valence-electron chi connectivity index (χ3n) is 3.87. The van der Waals surface area contributed by atoms with Crippen LogP contribution in [0.4, 0.5) is 0 Å². The van der Waals surface area contributed by atoms with E-state index in [2.05, 4.69) is 17.1 Å². The van der Waals surface area contributed by atoms with Gasteiger partial charge < -0.3 is 10.1 Å². The molecule has 3 saturated heterocycles. The Morgan fingerprint density at radius 1 is 1.20 bits per heavy atom. The smallest absolute Gasteiger partial charge is 0.0623 e. The summed E-state index contributed by atoms with van der Waals surface area (Å²) in [4.78, 5) is 2.70. The molecule has 0 aliphatic carbocycles. The number of fused-ring (bicyclic) bond motifs is 2.